The Kier molecular flexibility index (Phi) is 6.21. The average molecular weight is 341 g/mol. The third-order valence-electron chi connectivity index (χ3n) is 3.03. The van der Waals surface area contributed by atoms with Crippen molar-refractivity contribution in [2.45, 2.75) is 0 Å². The van der Waals surface area contributed by atoms with Gasteiger partial charge in [0.25, 0.3) is 5.91 Å². The fraction of sp³-hybridized carbons (Fsp3) is 0.333. The number of amides is 1. The van der Waals surface area contributed by atoms with Gasteiger partial charge >= 0.3 is 0 Å². The van der Waals surface area contributed by atoms with E-state index in [1.165, 1.54) is 0 Å². The van der Waals surface area contributed by atoms with Crippen molar-refractivity contribution in [1.29, 1.82) is 0 Å². The van der Waals surface area contributed by atoms with Crippen LogP contribution in [-0.2, 0) is 9.47 Å². The lowest BCUT2D eigenvalue weighted by molar-refractivity contribution is 0.0691. The zero-order valence-electron chi connectivity index (χ0n) is 13.0. The highest BCUT2D eigenvalue weighted by Crippen LogP contribution is 2.20. The van der Waals surface area contributed by atoms with Crippen molar-refractivity contribution in [2.24, 2.45) is 0 Å². The lowest BCUT2D eigenvalue weighted by Gasteiger charge is -2.05. The number of benzene rings is 1. The molecule has 1 amide bonds. The third-order valence-corrected chi connectivity index (χ3v) is 3.03. The summed E-state index contributed by atoms with van der Waals surface area (Å²) in [5.41, 5.74) is -0.357. The highest BCUT2D eigenvalue weighted by Gasteiger charge is 2.18. The third kappa shape index (κ3) is 4.49. The molecule has 1 aromatic heterocycles. The van der Waals surface area contributed by atoms with Crippen LogP contribution >= 0.6 is 0 Å². The summed E-state index contributed by atoms with van der Waals surface area (Å²) >= 11 is 0. The molecular weight excluding hydrogens is 324 g/mol. The predicted molar refractivity (Wildman–Crippen MR) is 80.2 cm³/mol. The van der Waals surface area contributed by atoms with E-state index in [9.17, 15) is 18.7 Å². The van der Waals surface area contributed by atoms with Crippen molar-refractivity contribution in [2.75, 3.05) is 33.5 Å². The predicted octanol–water partition coefficient (Wildman–Crippen LogP) is 1.25. The maximum atomic E-state index is 13.7. The molecule has 1 aromatic carbocycles. The van der Waals surface area contributed by atoms with Gasteiger partial charge in [0.2, 0.25) is 0 Å². The molecule has 0 saturated heterocycles. The first-order valence-corrected chi connectivity index (χ1v) is 7.12. The van der Waals surface area contributed by atoms with E-state index in [4.69, 9.17) is 9.47 Å². The van der Waals surface area contributed by atoms with Crippen LogP contribution in [0.15, 0.2) is 24.4 Å². The fourth-order valence-corrected chi connectivity index (χ4v) is 1.88. The standard InChI is InChI=1S/C15H17F2N3O4/c1-23-6-7-24-5-4-18-15(22)14-13(21)9-20(19-14)12-3-2-10(16)8-11(12)17/h2-3,8-9,21H,4-7H2,1H3,(H,18,22). The summed E-state index contributed by atoms with van der Waals surface area (Å²) in [6, 6.07) is 2.89. The molecular formula is C15H17F2N3O4. The molecule has 1 heterocycles. The Morgan fingerprint density at radius 3 is 2.83 bits per heavy atom. The second kappa shape index (κ2) is 8.37. The number of aromatic nitrogens is 2. The van der Waals surface area contributed by atoms with Crippen molar-refractivity contribution >= 4 is 5.91 Å². The monoisotopic (exact) mass is 341 g/mol. The van der Waals surface area contributed by atoms with Gasteiger partial charge in [-0.15, -0.1) is 0 Å². The average Bonchev–Trinajstić information content (AvgIpc) is 2.92. The van der Waals surface area contributed by atoms with E-state index in [-0.39, 0.29) is 24.5 Å². The highest BCUT2D eigenvalue weighted by molar-refractivity contribution is 5.94. The van der Waals surface area contributed by atoms with Crippen LogP contribution in [-0.4, -0.2) is 54.3 Å². The summed E-state index contributed by atoms with van der Waals surface area (Å²) in [6.45, 7) is 1.32. The maximum Gasteiger partial charge on any atom is 0.275 e. The van der Waals surface area contributed by atoms with Gasteiger partial charge in [-0.25, -0.2) is 13.5 Å². The molecule has 2 N–H and O–H groups in total. The molecule has 0 atom stereocenters. The number of hydrogen-bond acceptors (Lipinski definition) is 5. The molecule has 2 aromatic rings. The van der Waals surface area contributed by atoms with Gasteiger partial charge in [-0.05, 0) is 12.1 Å². The van der Waals surface area contributed by atoms with E-state index in [0.29, 0.717) is 19.3 Å². The first-order valence-electron chi connectivity index (χ1n) is 7.12. The Morgan fingerprint density at radius 1 is 1.33 bits per heavy atom. The summed E-state index contributed by atoms with van der Waals surface area (Å²) in [5, 5.41) is 16.1. The molecule has 7 nitrogen and oxygen atoms in total. The van der Waals surface area contributed by atoms with Crippen LogP contribution in [0.4, 0.5) is 8.78 Å². The number of halogens is 2. The fourth-order valence-electron chi connectivity index (χ4n) is 1.88. The minimum atomic E-state index is -0.865. The molecule has 0 aliphatic carbocycles. The number of ether oxygens (including phenoxy) is 2. The first-order chi connectivity index (χ1) is 11.5. The van der Waals surface area contributed by atoms with E-state index in [1.54, 1.807) is 7.11 Å². The van der Waals surface area contributed by atoms with Gasteiger partial charge in [0.15, 0.2) is 17.3 Å². The minimum absolute atomic E-state index is 0.0892. The second-order valence-electron chi connectivity index (χ2n) is 4.76. The number of carbonyl (C=O) groups is 1. The summed E-state index contributed by atoms with van der Waals surface area (Å²) in [4.78, 5) is 12.0. The van der Waals surface area contributed by atoms with E-state index in [0.717, 1.165) is 23.0 Å². The van der Waals surface area contributed by atoms with Crippen LogP contribution in [0.5, 0.6) is 5.75 Å². The number of hydrogen-bond donors (Lipinski definition) is 2. The Labute approximate surface area is 136 Å². The molecule has 0 bridgehead atoms. The molecule has 130 valence electrons. The Hall–Kier alpha value is -2.52. The lowest BCUT2D eigenvalue weighted by Crippen LogP contribution is -2.28. The number of nitrogens with one attached hydrogen (secondary N) is 1. The van der Waals surface area contributed by atoms with E-state index >= 15 is 0 Å². The smallest absolute Gasteiger partial charge is 0.275 e. The van der Waals surface area contributed by atoms with Gasteiger partial charge in [-0.1, -0.05) is 0 Å². The maximum absolute atomic E-state index is 13.7. The topological polar surface area (TPSA) is 85.6 Å². The molecule has 0 unspecified atom stereocenters. The molecule has 24 heavy (non-hydrogen) atoms. The Balaban J connectivity index is 1.99. The molecule has 0 saturated carbocycles. The minimum Gasteiger partial charge on any atom is -0.504 e. The second-order valence-corrected chi connectivity index (χ2v) is 4.76. The lowest BCUT2D eigenvalue weighted by atomic mass is 10.3. The summed E-state index contributed by atoms with van der Waals surface area (Å²) in [7, 11) is 1.55. The van der Waals surface area contributed by atoms with E-state index in [2.05, 4.69) is 10.4 Å². The van der Waals surface area contributed by atoms with Crippen LogP contribution in [0.25, 0.3) is 5.69 Å². The quantitative estimate of drug-likeness (QED) is 0.706. The van der Waals surface area contributed by atoms with Crippen molar-refractivity contribution in [3.05, 3.63) is 41.7 Å². The number of rotatable bonds is 8. The Morgan fingerprint density at radius 2 is 2.12 bits per heavy atom. The normalized spacial score (nSPS) is 10.8. The van der Waals surface area contributed by atoms with Crippen LogP contribution in [0.2, 0.25) is 0 Å². The SMILES string of the molecule is COCCOCCNC(=O)c1nn(-c2ccc(F)cc2F)cc1O. The zero-order chi connectivity index (χ0) is 17.5. The molecule has 0 radical (unpaired) electrons. The molecule has 0 fully saturated rings. The van der Waals surface area contributed by atoms with E-state index in [1.807, 2.05) is 0 Å². The van der Waals surface area contributed by atoms with Crippen molar-refractivity contribution < 1.29 is 28.2 Å². The molecule has 0 aliphatic rings. The molecule has 2 rings (SSSR count). The number of carbonyl (C=O) groups excluding carboxylic acids is 1. The van der Waals surface area contributed by atoms with Crippen LogP contribution in [0.1, 0.15) is 10.5 Å². The number of nitrogens with zero attached hydrogens (tertiary/aromatic N) is 2. The number of aromatic hydroxyl groups is 1. The van der Waals surface area contributed by atoms with Gasteiger partial charge in [0.05, 0.1) is 26.0 Å². The summed E-state index contributed by atoms with van der Waals surface area (Å²) in [6.07, 6.45) is 1.07. The van der Waals surface area contributed by atoms with Crippen molar-refractivity contribution in [3.8, 4) is 11.4 Å². The van der Waals surface area contributed by atoms with Gasteiger partial charge in [-0.3, -0.25) is 4.79 Å². The molecule has 9 heteroatoms. The molecule has 0 spiro atoms. The largest absolute Gasteiger partial charge is 0.504 e. The van der Waals surface area contributed by atoms with E-state index < -0.39 is 23.3 Å². The highest BCUT2D eigenvalue weighted by atomic mass is 19.1. The summed E-state index contributed by atoms with van der Waals surface area (Å²) < 4.78 is 37.6. The number of methoxy groups -OCH3 is 1. The Bertz CT molecular complexity index is 706. The first kappa shape index (κ1) is 17.8. The van der Waals surface area contributed by atoms with Crippen molar-refractivity contribution in [1.82, 2.24) is 15.1 Å². The van der Waals surface area contributed by atoms with Gasteiger partial charge in [0, 0.05) is 19.7 Å². The van der Waals surface area contributed by atoms with Crippen LogP contribution < -0.4 is 5.32 Å². The molecule has 0 aliphatic heterocycles. The summed E-state index contributed by atoms with van der Waals surface area (Å²) in [5.74, 6) is -2.66. The van der Waals surface area contributed by atoms with Gasteiger partial charge < -0.3 is 19.9 Å². The van der Waals surface area contributed by atoms with Gasteiger partial charge in [-0.2, -0.15) is 5.10 Å². The van der Waals surface area contributed by atoms with Crippen LogP contribution in [0.3, 0.4) is 0 Å². The van der Waals surface area contributed by atoms with Crippen molar-refractivity contribution in [3.63, 3.8) is 0 Å². The van der Waals surface area contributed by atoms with Crippen LogP contribution in [0, 0.1) is 11.6 Å². The van der Waals surface area contributed by atoms with Gasteiger partial charge in [0.1, 0.15) is 11.5 Å². The zero-order valence-corrected chi connectivity index (χ0v) is 13.0.